The molecule has 0 heteroatoms. The van der Waals surface area contributed by atoms with E-state index in [4.69, 9.17) is 0 Å². The van der Waals surface area contributed by atoms with Gasteiger partial charge < -0.3 is 0 Å². The zero-order chi connectivity index (χ0) is 9.26. The van der Waals surface area contributed by atoms with Gasteiger partial charge in [0, 0.05) is 0 Å². The molecule has 0 unspecified atom stereocenters. The molecule has 2 rings (SSSR count). The monoisotopic (exact) mass is 174 g/mol. The summed E-state index contributed by atoms with van der Waals surface area (Å²) in [5.41, 5.74) is 4.61. The first-order valence-corrected chi connectivity index (χ1v) is 5.40. The second-order valence-electron chi connectivity index (χ2n) is 4.18. The van der Waals surface area contributed by atoms with E-state index in [1.54, 1.807) is 11.1 Å². The predicted molar refractivity (Wildman–Crippen MR) is 57.1 cm³/mol. The summed E-state index contributed by atoms with van der Waals surface area (Å²) in [7, 11) is 0. The van der Waals surface area contributed by atoms with Crippen LogP contribution in [0.1, 0.15) is 48.8 Å². The fraction of sp³-hybridized carbons (Fsp3) is 0.538. The molecule has 1 saturated carbocycles. The molecule has 1 fully saturated rings. The fourth-order valence-electron chi connectivity index (χ4n) is 2.14. The van der Waals surface area contributed by atoms with Crippen molar-refractivity contribution in [2.45, 2.75) is 45.4 Å². The van der Waals surface area contributed by atoms with Crippen molar-refractivity contribution in [2.75, 3.05) is 0 Å². The highest BCUT2D eigenvalue weighted by Gasteiger charge is 2.21. The zero-order valence-electron chi connectivity index (χ0n) is 8.64. The largest absolute Gasteiger partial charge is 0.0613 e. The Bertz CT molecular complexity index is 295. The van der Waals surface area contributed by atoms with Crippen molar-refractivity contribution in [1.29, 1.82) is 0 Å². The fourth-order valence-corrected chi connectivity index (χ4v) is 2.14. The number of hydrogen-bond donors (Lipinski definition) is 0. The van der Waals surface area contributed by atoms with Crippen LogP contribution in [0, 0.1) is 6.92 Å². The first kappa shape index (κ1) is 8.80. The van der Waals surface area contributed by atoms with Gasteiger partial charge in [-0.15, -0.1) is 0 Å². The second kappa shape index (κ2) is 3.53. The van der Waals surface area contributed by atoms with Crippen molar-refractivity contribution in [2.24, 2.45) is 0 Å². The molecule has 0 nitrogen and oxygen atoms in total. The quantitative estimate of drug-likeness (QED) is 0.639. The Morgan fingerprint density at radius 1 is 1.31 bits per heavy atom. The maximum absolute atomic E-state index is 2.39. The summed E-state index contributed by atoms with van der Waals surface area (Å²) in [4.78, 5) is 0. The SMILES string of the molecule is CCc1ccc(C)cc1C1CCC1. The van der Waals surface area contributed by atoms with Gasteiger partial charge in [0.2, 0.25) is 0 Å². The summed E-state index contributed by atoms with van der Waals surface area (Å²) in [5.74, 6) is 0.884. The second-order valence-corrected chi connectivity index (χ2v) is 4.18. The molecular formula is C13H18. The molecule has 0 spiro atoms. The van der Waals surface area contributed by atoms with Gasteiger partial charge in [0.25, 0.3) is 0 Å². The summed E-state index contributed by atoms with van der Waals surface area (Å²) >= 11 is 0. The van der Waals surface area contributed by atoms with E-state index >= 15 is 0 Å². The van der Waals surface area contributed by atoms with Crippen molar-refractivity contribution < 1.29 is 0 Å². The van der Waals surface area contributed by atoms with Gasteiger partial charge in [-0.1, -0.05) is 37.1 Å². The first-order chi connectivity index (χ1) is 6.31. The van der Waals surface area contributed by atoms with E-state index in [-0.39, 0.29) is 0 Å². The van der Waals surface area contributed by atoms with Crippen molar-refractivity contribution in [3.05, 3.63) is 34.9 Å². The smallest absolute Gasteiger partial charge is 0.0159 e. The molecule has 1 aliphatic carbocycles. The summed E-state index contributed by atoms with van der Waals surface area (Å²) in [6.45, 7) is 4.45. The topological polar surface area (TPSA) is 0 Å². The Morgan fingerprint density at radius 2 is 2.08 bits per heavy atom. The summed E-state index contributed by atoms with van der Waals surface area (Å²) < 4.78 is 0. The molecule has 0 aliphatic heterocycles. The van der Waals surface area contributed by atoms with Crippen LogP contribution in [0.4, 0.5) is 0 Å². The Hall–Kier alpha value is -0.780. The van der Waals surface area contributed by atoms with Crippen molar-refractivity contribution >= 4 is 0 Å². The standard InChI is InChI=1S/C13H18/c1-3-11-8-7-10(2)9-13(11)12-5-4-6-12/h7-9,12H,3-6H2,1-2H3. The lowest BCUT2D eigenvalue weighted by atomic mass is 9.77. The Morgan fingerprint density at radius 3 is 2.62 bits per heavy atom. The molecule has 0 radical (unpaired) electrons. The van der Waals surface area contributed by atoms with Crippen LogP contribution in [0.3, 0.4) is 0 Å². The predicted octanol–water partition coefficient (Wildman–Crippen LogP) is 3.82. The molecule has 70 valence electrons. The van der Waals surface area contributed by atoms with E-state index in [1.165, 1.54) is 31.2 Å². The third-order valence-electron chi connectivity index (χ3n) is 3.23. The van der Waals surface area contributed by atoms with E-state index < -0.39 is 0 Å². The van der Waals surface area contributed by atoms with Crippen LogP contribution in [-0.4, -0.2) is 0 Å². The first-order valence-electron chi connectivity index (χ1n) is 5.40. The lowest BCUT2D eigenvalue weighted by Crippen LogP contribution is -2.11. The molecule has 13 heavy (non-hydrogen) atoms. The summed E-state index contributed by atoms with van der Waals surface area (Å²) in [6.07, 6.45) is 5.45. The summed E-state index contributed by atoms with van der Waals surface area (Å²) in [6, 6.07) is 6.94. The Labute approximate surface area is 81.0 Å². The Balaban J connectivity index is 2.33. The van der Waals surface area contributed by atoms with Crippen molar-refractivity contribution in [3.63, 3.8) is 0 Å². The van der Waals surface area contributed by atoms with Gasteiger partial charge in [-0.3, -0.25) is 0 Å². The number of hydrogen-bond acceptors (Lipinski definition) is 0. The molecular weight excluding hydrogens is 156 g/mol. The van der Waals surface area contributed by atoms with Crippen LogP contribution in [0.2, 0.25) is 0 Å². The van der Waals surface area contributed by atoms with Gasteiger partial charge in [0.05, 0.1) is 0 Å². The van der Waals surface area contributed by atoms with Gasteiger partial charge in [0.15, 0.2) is 0 Å². The van der Waals surface area contributed by atoms with Crippen LogP contribution < -0.4 is 0 Å². The van der Waals surface area contributed by atoms with E-state index in [0.717, 1.165) is 5.92 Å². The maximum atomic E-state index is 2.39. The van der Waals surface area contributed by atoms with E-state index in [9.17, 15) is 0 Å². The number of benzene rings is 1. The van der Waals surface area contributed by atoms with Gasteiger partial charge >= 0.3 is 0 Å². The number of aryl methyl sites for hydroxylation is 2. The van der Waals surface area contributed by atoms with Crippen LogP contribution in [0.5, 0.6) is 0 Å². The average Bonchev–Trinajstić information content (AvgIpc) is 2.02. The van der Waals surface area contributed by atoms with E-state index in [0.29, 0.717) is 0 Å². The highest BCUT2D eigenvalue weighted by molar-refractivity contribution is 5.35. The van der Waals surface area contributed by atoms with E-state index in [1.807, 2.05) is 0 Å². The molecule has 0 saturated heterocycles. The zero-order valence-corrected chi connectivity index (χ0v) is 8.64. The third kappa shape index (κ3) is 1.63. The maximum Gasteiger partial charge on any atom is -0.0159 e. The molecule has 0 bridgehead atoms. The number of rotatable bonds is 2. The van der Waals surface area contributed by atoms with Crippen LogP contribution in [0.25, 0.3) is 0 Å². The van der Waals surface area contributed by atoms with Crippen molar-refractivity contribution in [1.82, 2.24) is 0 Å². The minimum atomic E-state index is 0.884. The van der Waals surface area contributed by atoms with Crippen molar-refractivity contribution in [3.8, 4) is 0 Å². The molecule has 0 atom stereocenters. The normalized spacial score (nSPS) is 17.1. The average molecular weight is 174 g/mol. The molecule has 0 aromatic heterocycles. The molecule has 1 aliphatic rings. The molecule has 0 N–H and O–H groups in total. The van der Waals surface area contributed by atoms with Crippen LogP contribution in [0.15, 0.2) is 18.2 Å². The van der Waals surface area contributed by atoms with E-state index in [2.05, 4.69) is 32.0 Å². The molecule has 1 aromatic rings. The van der Waals surface area contributed by atoms with Crippen LogP contribution in [-0.2, 0) is 6.42 Å². The van der Waals surface area contributed by atoms with Gasteiger partial charge in [-0.05, 0) is 43.2 Å². The minimum absolute atomic E-state index is 0.884. The molecule has 0 amide bonds. The summed E-state index contributed by atoms with van der Waals surface area (Å²) in [5, 5.41) is 0. The van der Waals surface area contributed by atoms with Gasteiger partial charge in [-0.25, -0.2) is 0 Å². The lowest BCUT2D eigenvalue weighted by molar-refractivity contribution is 0.417. The highest BCUT2D eigenvalue weighted by atomic mass is 14.3. The lowest BCUT2D eigenvalue weighted by Gasteiger charge is -2.28. The minimum Gasteiger partial charge on any atom is -0.0613 e. The highest BCUT2D eigenvalue weighted by Crippen LogP contribution is 2.38. The third-order valence-corrected chi connectivity index (χ3v) is 3.23. The molecule has 1 aromatic carbocycles. The molecule has 0 heterocycles. The van der Waals surface area contributed by atoms with Gasteiger partial charge in [0.1, 0.15) is 0 Å². The Kier molecular flexibility index (Phi) is 2.39. The van der Waals surface area contributed by atoms with Gasteiger partial charge in [-0.2, -0.15) is 0 Å². The van der Waals surface area contributed by atoms with Crippen LogP contribution >= 0.6 is 0 Å².